The molecule has 2 atom stereocenters. The number of nitriles is 1. The summed E-state index contributed by atoms with van der Waals surface area (Å²) in [5, 5.41) is 13.3. The average molecular weight is 377 g/mol. The van der Waals surface area contributed by atoms with Gasteiger partial charge in [0.15, 0.2) is 5.78 Å². The van der Waals surface area contributed by atoms with E-state index >= 15 is 0 Å². The molecule has 0 spiro atoms. The van der Waals surface area contributed by atoms with E-state index in [2.05, 4.69) is 19.9 Å². The molecular formula is C22H19NO3S. The summed E-state index contributed by atoms with van der Waals surface area (Å²) < 4.78 is 13.0. The summed E-state index contributed by atoms with van der Waals surface area (Å²) in [6.45, 7) is 4.21. The van der Waals surface area contributed by atoms with Crippen molar-refractivity contribution in [2.75, 3.05) is 0 Å². The number of thiophene rings is 1. The Morgan fingerprint density at radius 3 is 2.81 bits per heavy atom. The van der Waals surface area contributed by atoms with Crippen LogP contribution < -0.4 is 0 Å². The standard InChI is InChI=1S/C22H19NO3S/c1-21(2)9-17(24)19-18(10-21)25-22(15-5-6-27-12-15)8-14-7-13(11-23)3-4-16(14)20(19)26-22/h3-7,12,20H,8-10H2,1-2H3/t20?,22-/m0/s1. The van der Waals surface area contributed by atoms with Crippen LogP contribution in [0, 0.1) is 16.7 Å². The van der Waals surface area contributed by atoms with Crippen molar-refractivity contribution < 1.29 is 14.3 Å². The Morgan fingerprint density at radius 1 is 1.22 bits per heavy atom. The minimum absolute atomic E-state index is 0.0994. The average Bonchev–Trinajstić information content (AvgIpc) is 3.15. The Hall–Kier alpha value is -2.42. The number of rotatable bonds is 1. The van der Waals surface area contributed by atoms with Gasteiger partial charge in [-0.15, -0.1) is 0 Å². The van der Waals surface area contributed by atoms with Gasteiger partial charge in [-0.25, -0.2) is 0 Å². The number of nitrogens with zero attached hydrogens (tertiary/aromatic N) is 1. The van der Waals surface area contributed by atoms with Crippen LogP contribution >= 0.6 is 11.3 Å². The fraction of sp³-hybridized carbons (Fsp3) is 0.364. The maximum Gasteiger partial charge on any atom is 0.242 e. The van der Waals surface area contributed by atoms with Gasteiger partial charge in [-0.2, -0.15) is 16.6 Å². The third kappa shape index (κ3) is 2.48. The largest absolute Gasteiger partial charge is 0.461 e. The molecular weight excluding hydrogens is 358 g/mol. The van der Waals surface area contributed by atoms with Crippen molar-refractivity contribution in [3.63, 3.8) is 0 Å². The minimum Gasteiger partial charge on any atom is -0.461 e. The van der Waals surface area contributed by atoms with E-state index < -0.39 is 11.9 Å². The Morgan fingerprint density at radius 2 is 2.07 bits per heavy atom. The predicted octanol–water partition coefficient (Wildman–Crippen LogP) is 4.76. The molecule has 1 aromatic heterocycles. The van der Waals surface area contributed by atoms with E-state index in [-0.39, 0.29) is 11.2 Å². The molecule has 2 aliphatic heterocycles. The number of ether oxygens (including phenoxy) is 2. The SMILES string of the molecule is CC1(C)CC(=O)C2=C(C1)O[C@@]1(c3ccsc3)Cc3cc(C#N)ccc3C2O1. The first kappa shape index (κ1) is 16.7. The van der Waals surface area contributed by atoms with E-state index in [1.807, 2.05) is 29.0 Å². The van der Waals surface area contributed by atoms with Crippen LogP contribution in [-0.4, -0.2) is 5.78 Å². The van der Waals surface area contributed by atoms with E-state index in [0.29, 0.717) is 24.0 Å². The van der Waals surface area contributed by atoms with E-state index in [9.17, 15) is 10.1 Å². The van der Waals surface area contributed by atoms with Crippen molar-refractivity contribution in [3.05, 3.63) is 68.6 Å². The highest BCUT2D eigenvalue weighted by Crippen LogP contribution is 2.55. The lowest BCUT2D eigenvalue weighted by molar-refractivity contribution is -0.272. The fourth-order valence-electron chi connectivity index (χ4n) is 4.48. The smallest absolute Gasteiger partial charge is 0.242 e. The van der Waals surface area contributed by atoms with Gasteiger partial charge in [0.2, 0.25) is 5.79 Å². The Balaban J connectivity index is 1.74. The lowest BCUT2D eigenvalue weighted by Gasteiger charge is -2.49. The maximum absolute atomic E-state index is 13.0. The molecule has 4 nitrogen and oxygen atoms in total. The minimum atomic E-state index is -0.932. The van der Waals surface area contributed by atoms with Crippen LogP contribution in [0.5, 0.6) is 0 Å². The molecule has 0 amide bonds. The third-order valence-corrected chi connectivity index (χ3v) is 6.36. The predicted molar refractivity (Wildman–Crippen MR) is 101 cm³/mol. The summed E-state index contributed by atoms with van der Waals surface area (Å²) in [5.74, 6) is -0.0609. The summed E-state index contributed by atoms with van der Waals surface area (Å²) in [4.78, 5) is 13.0. The quantitative estimate of drug-likeness (QED) is 0.719. The van der Waals surface area contributed by atoms with Crippen molar-refractivity contribution in [3.8, 4) is 6.07 Å². The van der Waals surface area contributed by atoms with Gasteiger partial charge in [0.25, 0.3) is 0 Å². The number of hydrogen-bond acceptors (Lipinski definition) is 5. The van der Waals surface area contributed by atoms with Crippen molar-refractivity contribution >= 4 is 17.1 Å². The van der Waals surface area contributed by atoms with Gasteiger partial charge in [0, 0.05) is 30.2 Å². The molecule has 1 unspecified atom stereocenters. The van der Waals surface area contributed by atoms with Gasteiger partial charge < -0.3 is 9.47 Å². The lowest BCUT2D eigenvalue weighted by Crippen LogP contribution is -2.47. The molecule has 2 bridgehead atoms. The topological polar surface area (TPSA) is 59.3 Å². The van der Waals surface area contributed by atoms with Crippen LogP contribution in [0.2, 0.25) is 0 Å². The highest BCUT2D eigenvalue weighted by atomic mass is 32.1. The highest BCUT2D eigenvalue weighted by molar-refractivity contribution is 7.08. The van der Waals surface area contributed by atoms with Crippen molar-refractivity contribution in [1.82, 2.24) is 0 Å². The monoisotopic (exact) mass is 377 g/mol. The molecule has 0 fully saturated rings. The molecule has 5 heteroatoms. The van der Waals surface area contributed by atoms with Crippen LogP contribution in [0.25, 0.3) is 0 Å². The highest BCUT2D eigenvalue weighted by Gasteiger charge is 2.53. The summed E-state index contributed by atoms with van der Waals surface area (Å²) in [5.41, 5.74) is 4.10. The number of Topliss-reactive ketones (excluding diaryl/α,β-unsaturated/α-hetero) is 1. The number of ketones is 1. The van der Waals surface area contributed by atoms with Crippen LogP contribution in [0.4, 0.5) is 0 Å². The summed E-state index contributed by atoms with van der Waals surface area (Å²) in [6, 6.07) is 9.85. The third-order valence-electron chi connectivity index (χ3n) is 5.68. The van der Waals surface area contributed by atoms with Crippen LogP contribution in [0.15, 0.2) is 46.4 Å². The molecule has 27 heavy (non-hydrogen) atoms. The molecule has 1 aliphatic carbocycles. The number of benzene rings is 1. The first-order valence-electron chi connectivity index (χ1n) is 9.09. The van der Waals surface area contributed by atoms with Crippen LogP contribution in [-0.2, 0) is 26.5 Å². The molecule has 0 radical (unpaired) electrons. The first-order chi connectivity index (χ1) is 12.9. The molecule has 0 saturated carbocycles. The summed E-state index contributed by atoms with van der Waals surface area (Å²) >= 11 is 1.60. The Kier molecular flexibility index (Phi) is 3.43. The first-order valence-corrected chi connectivity index (χ1v) is 10.0. The molecule has 3 heterocycles. The van der Waals surface area contributed by atoms with Crippen molar-refractivity contribution in [1.29, 1.82) is 5.26 Å². The van der Waals surface area contributed by atoms with Gasteiger partial charge in [0.1, 0.15) is 11.9 Å². The number of fused-ring (bicyclic) bond motifs is 5. The molecule has 0 N–H and O–H groups in total. The van der Waals surface area contributed by atoms with E-state index in [1.54, 1.807) is 17.4 Å². The number of carbonyl (C=O) groups excluding carboxylic acids is 1. The van der Waals surface area contributed by atoms with Gasteiger partial charge in [0.05, 0.1) is 17.2 Å². The number of hydrogen-bond donors (Lipinski definition) is 0. The zero-order valence-corrected chi connectivity index (χ0v) is 16.1. The molecule has 2 aromatic rings. The normalized spacial score (nSPS) is 28.0. The van der Waals surface area contributed by atoms with E-state index in [0.717, 1.165) is 28.9 Å². The Bertz CT molecular complexity index is 1030. The molecule has 1 aromatic carbocycles. The van der Waals surface area contributed by atoms with Gasteiger partial charge in [-0.05, 0) is 40.1 Å². The Labute approximate surface area is 162 Å². The van der Waals surface area contributed by atoms with Crippen LogP contribution in [0.3, 0.4) is 0 Å². The zero-order valence-electron chi connectivity index (χ0n) is 15.2. The maximum atomic E-state index is 13.0. The lowest BCUT2D eigenvalue weighted by atomic mass is 9.72. The molecule has 3 aliphatic rings. The van der Waals surface area contributed by atoms with Crippen molar-refractivity contribution in [2.45, 2.75) is 45.0 Å². The second kappa shape index (κ2) is 5.54. The van der Waals surface area contributed by atoms with Crippen molar-refractivity contribution in [2.24, 2.45) is 5.41 Å². The fourth-order valence-corrected chi connectivity index (χ4v) is 5.18. The van der Waals surface area contributed by atoms with Gasteiger partial charge >= 0.3 is 0 Å². The van der Waals surface area contributed by atoms with E-state index in [1.165, 1.54) is 0 Å². The van der Waals surface area contributed by atoms with E-state index in [4.69, 9.17) is 9.47 Å². The van der Waals surface area contributed by atoms with Crippen LogP contribution in [0.1, 0.15) is 55.0 Å². The second-order valence-electron chi connectivity index (χ2n) is 8.34. The van der Waals surface area contributed by atoms with Gasteiger partial charge in [-0.1, -0.05) is 19.9 Å². The molecule has 5 rings (SSSR count). The molecule has 0 saturated heterocycles. The van der Waals surface area contributed by atoms with Gasteiger partial charge in [-0.3, -0.25) is 4.79 Å². The number of carbonyl (C=O) groups is 1. The zero-order chi connectivity index (χ0) is 18.8. The molecule has 136 valence electrons. The number of allylic oxidation sites excluding steroid dienone is 1. The summed E-state index contributed by atoms with van der Waals surface area (Å²) in [6.07, 6.45) is 1.31. The second-order valence-corrected chi connectivity index (χ2v) is 9.12. The summed E-state index contributed by atoms with van der Waals surface area (Å²) in [7, 11) is 0.